The molecule has 264 valence electrons. The number of fused-ring (bicyclic) bond motifs is 3. The van der Waals surface area contributed by atoms with Crippen LogP contribution in [0.5, 0.6) is 0 Å². The van der Waals surface area contributed by atoms with Crippen LogP contribution in [0.3, 0.4) is 0 Å². The van der Waals surface area contributed by atoms with E-state index in [1.54, 1.807) is 0 Å². The van der Waals surface area contributed by atoms with Crippen molar-refractivity contribution in [1.29, 1.82) is 5.26 Å². The van der Waals surface area contributed by atoms with Gasteiger partial charge in [0.1, 0.15) is 0 Å². The Balaban J connectivity index is 1.34. The minimum atomic E-state index is -0.599. The van der Waals surface area contributed by atoms with Crippen molar-refractivity contribution in [3.8, 4) is 22.9 Å². The molecule has 8 rings (SSSR count). The monoisotopic (exact) mass is 698 g/mol. The molecule has 0 radical (unpaired) electrons. The number of nitrogens with zero attached hydrogens (tertiary/aromatic N) is 2. The summed E-state index contributed by atoms with van der Waals surface area (Å²) in [6.07, 6.45) is 0. The SMILES string of the molecule is CC(C)(C)c1ccc2c(c1)c1cc(C(C)(C)C)ccc1n2-c1ccc(C(c2ccccc2)(c2ccccc2)c2ccc(-c3ccccc3C#N)cc2)cc1. The van der Waals surface area contributed by atoms with Crippen LogP contribution >= 0.6 is 0 Å². The van der Waals surface area contributed by atoms with Crippen molar-refractivity contribution in [3.05, 3.63) is 209 Å². The lowest BCUT2D eigenvalue weighted by Gasteiger charge is -2.37. The number of benzene rings is 7. The van der Waals surface area contributed by atoms with Gasteiger partial charge in [-0.25, -0.2) is 0 Å². The third-order valence-corrected chi connectivity index (χ3v) is 11.1. The second kappa shape index (κ2) is 13.4. The van der Waals surface area contributed by atoms with Crippen LogP contribution in [-0.2, 0) is 16.2 Å². The predicted octanol–water partition coefficient (Wildman–Crippen LogP) is 13.3. The summed E-state index contributed by atoms with van der Waals surface area (Å²) in [5, 5.41) is 12.4. The minimum absolute atomic E-state index is 0.0431. The molecule has 1 aromatic heterocycles. The van der Waals surface area contributed by atoms with E-state index in [4.69, 9.17) is 0 Å². The molecule has 0 aliphatic carbocycles. The highest BCUT2D eigenvalue weighted by molar-refractivity contribution is 6.10. The summed E-state index contributed by atoms with van der Waals surface area (Å²) in [5.74, 6) is 0. The second-order valence-corrected chi connectivity index (χ2v) is 16.6. The molecule has 0 saturated heterocycles. The van der Waals surface area contributed by atoms with Crippen molar-refractivity contribution in [1.82, 2.24) is 4.57 Å². The quantitative estimate of drug-likeness (QED) is 0.159. The molecule has 0 N–H and O–H groups in total. The zero-order valence-corrected chi connectivity index (χ0v) is 32.1. The summed E-state index contributed by atoms with van der Waals surface area (Å²) in [6.45, 7) is 13.7. The fourth-order valence-corrected chi connectivity index (χ4v) is 8.20. The molecule has 0 unspecified atom stereocenters. The molecule has 0 atom stereocenters. The fraction of sp³-hybridized carbons (Fsp3) is 0.173. The largest absolute Gasteiger partial charge is 0.309 e. The molecule has 0 spiro atoms. The average Bonchev–Trinajstić information content (AvgIpc) is 3.52. The van der Waals surface area contributed by atoms with Crippen LogP contribution in [0.1, 0.15) is 80.5 Å². The van der Waals surface area contributed by atoms with Crippen LogP contribution in [0.15, 0.2) is 170 Å². The molecule has 0 fully saturated rings. The summed E-state index contributed by atoms with van der Waals surface area (Å²) in [5.41, 5.74) is 13.1. The standard InChI is InChI=1S/C52H46N2/c1-50(2,3)42-27-31-48-46(33-42)47-34-43(51(4,5)6)28-32-49(47)54(48)44-29-25-41(26-30-44)52(38-16-9-7-10-17-38,39-18-11-8-12-19-39)40-23-21-36(22-24-40)45-20-14-13-15-37(45)35-53/h7-34H,1-6H3. The van der Waals surface area contributed by atoms with Gasteiger partial charge in [-0.1, -0.05) is 169 Å². The average molecular weight is 699 g/mol. The topological polar surface area (TPSA) is 28.7 Å². The minimum Gasteiger partial charge on any atom is -0.309 e. The molecular formula is C52H46N2. The Bertz CT molecular complexity index is 2530. The lowest BCUT2D eigenvalue weighted by molar-refractivity contribution is 0.590. The first-order chi connectivity index (χ1) is 26.0. The van der Waals surface area contributed by atoms with E-state index >= 15 is 0 Å². The summed E-state index contributed by atoms with van der Waals surface area (Å²) >= 11 is 0. The van der Waals surface area contributed by atoms with E-state index in [-0.39, 0.29) is 10.8 Å². The summed E-state index contributed by atoms with van der Waals surface area (Å²) in [4.78, 5) is 0. The molecule has 0 aliphatic heterocycles. The number of nitriles is 1. The second-order valence-electron chi connectivity index (χ2n) is 16.6. The number of rotatable bonds is 6. The predicted molar refractivity (Wildman–Crippen MR) is 227 cm³/mol. The third kappa shape index (κ3) is 5.91. The zero-order valence-electron chi connectivity index (χ0n) is 32.1. The van der Waals surface area contributed by atoms with Gasteiger partial charge in [0.25, 0.3) is 0 Å². The van der Waals surface area contributed by atoms with Crippen molar-refractivity contribution >= 4 is 21.8 Å². The van der Waals surface area contributed by atoms with Crippen molar-refractivity contribution in [2.24, 2.45) is 0 Å². The van der Waals surface area contributed by atoms with Crippen molar-refractivity contribution in [2.45, 2.75) is 57.8 Å². The van der Waals surface area contributed by atoms with Crippen molar-refractivity contribution in [3.63, 3.8) is 0 Å². The lowest BCUT2D eigenvalue weighted by Crippen LogP contribution is -2.31. The maximum Gasteiger partial charge on any atom is 0.0998 e. The van der Waals surface area contributed by atoms with Crippen LogP contribution in [-0.4, -0.2) is 4.57 Å². The Hall–Kier alpha value is -6.17. The van der Waals surface area contributed by atoms with E-state index in [2.05, 4.69) is 198 Å². The molecule has 0 aliphatic rings. The smallest absolute Gasteiger partial charge is 0.0998 e. The molecule has 2 heteroatoms. The van der Waals surface area contributed by atoms with Gasteiger partial charge >= 0.3 is 0 Å². The van der Waals surface area contributed by atoms with Crippen molar-refractivity contribution in [2.75, 3.05) is 0 Å². The summed E-state index contributed by atoms with van der Waals surface area (Å²) in [6, 6.07) is 63.9. The molecule has 54 heavy (non-hydrogen) atoms. The number of aromatic nitrogens is 1. The number of hydrogen-bond acceptors (Lipinski definition) is 1. The Morgan fingerprint density at radius 1 is 0.426 bits per heavy atom. The van der Waals surface area contributed by atoms with E-state index < -0.39 is 5.41 Å². The third-order valence-electron chi connectivity index (χ3n) is 11.1. The van der Waals surface area contributed by atoms with Crippen molar-refractivity contribution < 1.29 is 0 Å². The van der Waals surface area contributed by atoms with Gasteiger partial charge in [0, 0.05) is 16.5 Å². The molecule has 1 heterocycles. The molecule has 8 aromatic rings. The van der Waals surface area contributed by atoms with Crippen LogP contribution < -0.4 is 0 Å². The molecule has 0 amide bonds. The molecule has 2 nitrogen and oxygen atoms in total. The maximum atomic E-state index is 9.85. The Morgan fingerprint density at radius 3 is 1.30 bits per heavy atom. The first-order valence-corrected chi connectivity index (χ1v) is 18.9. The summed E-state index contributed by atoms with van der Waals surface area (Å²) < 4.78 is 2.43. The van der Waals surface area contributed by atoms with E-state index in [1.807, 2.05) is 24.3 Å². The van der Waals surface area contributed by atoms with Gasteiger partial charge in [0.15, 0.2) is 0 Å². The Labute approximate surface area is 320 Å². The zero-order chi connectivity index (χ0) is 37.7. The normalized spacial score (nSPS) is 12.2. The molecule has 0 saturated carbocycles. The van der Waals surface area contributed by atoms with Gasteiger partial charge in [-0.15, -0.1) is 0 Å². The van der Waals surface area contributed by atoms with E-state index in [0.717, 1.165) is 22.4 Å². The lowest BCUT2D eigenvalue weighted by atomic mass is 9.65. The summed E-state index contributed by atoms with van der Waals surface area (Å²) in [7, 11) is 0. The molecular weight excluding hydrogens is 653 g/mol. The van der Waals surface area contributed by atoms with E-state index in [9.17, 15) is 5.26 Å². The highest BCUT2D eigenvalue weighted by atomic mass is 15.0. The first kappa shape index (κ1) is 34.9. The van der Waals surface area contributed by atoms with Gasteiger partial charge < -0.3 is 4.57 Å². The highest BCUT2D eigenvalue weighted by Gasteiger charge is 2.38. The van der Waals surface area contributed by atoms with Crippen LogP contribution in [0.4, 0.5) is 0 Å². The van der Waals surface area contributed by atoms with E-state index in [0.29, 0.717) is 5.56 Å². The molecule has 0 bridgehead atoms. The van der Waals surface area contributed by atoms with Crippen LogP contribution in [0.2, 0.25) is 0 Å². The van der Waals surface area contributed by atoms with Gasteiger partial charge in [0.05, 0.1) is 28.1 Å². The number of hydrogen-bond donors (Lipinski definition) is 0. The van der Waals surface area contributed by atoms with Crippen LogP contribution in [0.25, 0.3) is 38.6 Å². The first-order valence-electron chi connectivity index (χ1n) is 18.9. The Morgan fingerprint density at radius 2 is 0.833 bits per heavy atom. The Kier molecular flexibility index (Phi) is 8.63. The van der Waals surface area contributed by atoms with Gasteiger partial charge in [0.2, 0.25) is 0 Å². The van der Waals surface area contributed by atoms with Crippen LogP contribution in [0, 0.1) is 11.3 Å². The van der Waals surface area contributed by atoms with Gasteiger partial charge in [-0.05, 0) is 97.8 Å². The molecule has 7 aromatic carbocycles. The van der Waals surface area contributed by atoms with E-state index in [1.165, 1.54) is 49.6 Å². The fourth-order valence-electron chi connectivity index (χ4n) is 8.20. The van der Waals surface area contributed by atoms with Gasteiger partial charge in [-0.2, -0.15) is 5.26 Å². The van der Waals surface area contributed by atoms with Gasteiger partial charge in [-0.3, -0.25) is 0 Å². The highest BCUT2D eigenvalue weighted by Crippen LogP contribution is 2.46. The maximum absolute atomic E-state index is 9.85.